The summed E-state index contributed by atoms with van der Waals surface area (Å²) in [6, 6.07) is 2.55. The molecule has 0 aliphatic carbocycles. The number of rotatable bonds is 3. The Morgan fingerprint density at radius 1 is 1.50 bits per heavy atom. The number of halogens is 1. The van der Waals surface area contributed by atoms with Crippen molar-refractivity contribution in [2.45, 2.75) is 6.54 Å². The van der Waals surface area contributed by atoms with Crippen LogP contribution in [0.2, 0.25) is 0 Å². The summed E-state index contributed by atoms with van der Waals surface area (Å²) in [6.45, 7) is 0.340. The molecule has 16 heavy (non-hydrogen) atoms. The molecule has 0 radical (unpaired) electrons. The van der Waals surface area contributed by atoms with Crippen LogP contribution >= 0.6 is 11.3 Å². The molecule has 0 saturated heterocycles. The second-order valence-electron chi connectivity index (χ2n) is 3.03. The summed E-state index contributed by atoms with van der Waals surface area (Å²) in [5.41, 5.74) is 2.73. The van der Waals surface area contributed by atoms with Gasteiger partial charge in [-0.2, -0.15) is 4.39 Å². The number of nitrogens with zero attached hydrogens (tertiary/aromatic N) is 2. The van der Waals surface area contributed by atoms with Crippen molar-refractivity contribution in [2.75, 3.05) is 0 Å². The lowest BCUT2D eigenvalue weighted by molar-refractivity contribution is 0.0950. The first-order chi connectivity index (χ1) is 7.75. The molecule has 1 amide bonds. The molecule has 1 N–H and O–H groups in total. The van der Waals surface area contributed by atoms with Crippen LogP contribution in [0.3, 0.4) is 0 Å². The molecule has 2 aromatic heterocycles. The van der Waals surface area contributed by atoms with Gasteiger partial charge in [0.1, 0.15) is 0 Å². The maximum absolute atomic E-state index is 12.7. The second-order valence-corrected chi connectivity index (χ2v) is 3.75. The zero-order chi connectivity index (χ0) is 11.4. The van der Waals surface area contributed by atoms with Gasteiger partial charge < -0.3 is 5.32 Å². The second kappa shape index (κ2) is 4.80. The molecule has 0 unspecified atom stereocenters. The Hall–Kier alpha value is -1.82. The first-order valence-electron chi connectivity index (χ1n) is 4.52. The Balaban J connectivity index is 1.98. The quantitative estimate of drug-likeness (QED) is 0.825. The minimum atomic E-state index is -0.665. The largest absolute Gasteiger partial charge is 0.346 e. The van der Waals surface area contributed by atoms with Crippen LogP contribution < -0.4 is 5.32 Å². The number of pyridine rings is 1. The first kappa shape index (κ1) is 10.7. The molecule has 82 valence electrons. The number of carbonyl (C=O) groups is 1. The molecule has 6 heteroatoms. The fourth-order valence-electron chi connectivity index (χ4n) is 1.14. The normalized spacial score (nSPS) is 10.1. The molecule has 2 rings (SSSR count). The third kappa shape index (κ3) is 2.60. The van der Waals surface area contributed by atoms with Crippen molar-refractivity contribution >= 4 is 17.2 Å². The van der Waals surface area contributed by atoms with Crippen molar-refractivity contribution in [1.82, 2.24) is 15.3 Å². The van der Waals surface area contributed by atoms with E-state index in [0.29, 0.717) is 6.54 Å². The minimum absolute atomic E-state index is 0.253. The molecule has 2 heterocycles. The lowest BCUT2D eigenvalue weighted by Crippen LogP contribution is -2.23. The molecule has 2 aromatic rings. The van der Waals surface area contributed by atoms with Crippen LogP contribution in [-0.2, 0) is 6.54 Å². The molecular weight excluding hydrogens is 229 g/mol. The van der Waals surface area contributed by atoms with E-state index < -0.39 is 5.95 Å². The molecule has 0 saturated carbocycles. The maximum atomic E-state index is 12.7. The lowest BCUT2D eigenvalue weighted by atomic mass is 10.2. The predicted molar refractivity (Wildman–Crippen MR) is 57.5 cm³/mol. The third-order valence-corrected chi connectivity index (χ3v) is 2.54. The van der Waals surface area contributed by atoms with Crippen LogP contribution in [0.15, 0.2) is 29.2 Å². The number of hydrogen-bond acceptors (Lipinski definition) is 4. The number of amides is 1. The van der Waals surface area contributed by atoms with Gasteiger partial charge in [0.05, 0.1) is 17.7 Å². The van der Waals surface area contributed by atoms with Gasteiger partial charge in [0, 0.05) is 23.2 Å². The fraction of sp³-hybridized carbons (Fsp3) is 0.100. The number of nitrogens with one attached hydrogen (secondary N) is 1. The van der Waals surface area contributed by atoms with Gasteiger partial charge in [-0.25, -0.2) is 9.97 Å². The maximum Gasteiger partial charge on any atom is 0.251 e. The fourth-order valence-corrected chi connectivity index (χ4v) is 1.70. The lowest BCUT2D eigenvalue weighted by Gasteiger charge is -2.02. The topological polar surface area (TPSA) is 54.9 Å². The molecule has 0 atom stereocenters. The van der Waals surface area contributed by atoms with Crippen molar-refractivity contribution in [3.8, 4) is 0 Å². The molecule has 0 fully saturated rings. The van der Waals surface area contributed by atoms with Crippen LogP contribution in [0.1, 0.15) is 16.1 Å². The van der Waals surface area contributed by atoms with E-state index in [9.17, 15) is 9.18 Å². The number of carbonyl (C=O) groups excluding carboxylic acids is 1. The Bertz CT molecular complexity index is 487. The molecule has 4 nitrogen and oxygen atoms in total. The monoisotopic (exact) mass is 237 g/mol. The highest BCUT2D eigenvalue weighted by Gasteiger charge is 2.06. The molecular formula is C10H8FN3OS. The van der Waals surface area contributed by atoms with Gasteiger partial charge in [0.15, 0.2) is 0 Å². The van der Waals surface area contributed by atoms with Crippen LogP contribution in [0.25, 0.3) is 0 Å². The van der Waals surface area contributed by atoms with E-state index in [0.717, 1.165) is 11.8 Å². The summed E-state index contributed by atoms with van der Waals surface area (Å²) in [4.78, 5) is 19.0. The van der Waals surface area contributed by atoms with Crippen molar-refractivity contribution < 1.29 is 9.18 Å². The highest BCUT2D eigenvalue weighted by molar-refractivity contribution is 7.07. The first-order valence-corrected chi connectivity index (χ1v) is 5.47. The Morgan fingerprint density at radius 2 is 2.38 bits per heavy atom. The van der Waals surface area contributed by atoms with Crippen molar-refractivity contribution in [2.24, 2.45) is 0 Å². The van der Waals surface area contributed by atoms with Crippen molar-refractivity contribution in [3.63, 3.8) is 0 Å². The van der Waals surface area contributed by atoms with E-state index >= 15 is 0 Å². The highest BCUT2D eigenvalue weighted by atomic mass is 32.1. The van der Waals surface area contributed by atoms with Crippen LogP contribution in [-0.4, -0.2) is 15.9 Å². The van der Waals surface area contributed by atoms with E-state index in [1.807, 2.05) is 5.38 Å². The van der Waals surface area contributed by atoms with E-state index in [1.54, 1.807) is 5.51 Å². The number of hydrogen-bond donors (Lipinski definition) is 1. The predicted octanol–water partition coefficient (Wildman–Crippen LogP) is 1.61. The minimum Gasteiger partial charge on any atom is -0.346 e. The Morgan fingerprint density at radius 3 is 3.06 bits per heavy atom. The molecule has 0 aromatic carbocycles. The van der Waals surface area contributed by atoms with Crippen LogP contribution in [0, 0.1) is 5.95 Å². The molecule has 0 spiro atoms. The zero-order valence-electron chi connectivity index (χ0n) is 8.18. The van der Waals surface area contributed by atoms with Crippen LogP contribution in [0.4, 0.5) is 4.39 Å². The van der Waals surface area contributed by atoms with Gasteiger partial charge in [-0.05, 0) is 6.07 Å². The highest BCUT2D eigenvalue weighted by Crippen LogP contribution is 2.03. The Kier molecular flexibility index (Phi) is 3.21. The van der Waals surface area contributed by atoms with E-state index in [4.69, 9.17) is 0 Å². The van der Waals surface area contributed by atoms with Crippen molar-refractivity contribution in [3.05, 3.63) is 46.4 Å². The van der Waals surface area contributed by atoms with E-state index in [1.165, 1.54) is 23.6 Å². The van der Waals surface area contributed by atoms with E-state index in [-0.39, 0.29) is 11.5 Å². The summed E-state index contributed by atoms with van der Waals surface area (Å²) in [6.07, 6.45) is 1.26. The average molecular weight is 237 g/mol. The summed E-state index contributed by atoms with van der Waals surface area (Å²) >= 11 is 1.46. The molecule has 0 bridgehead atoms. The number of aromatic nitrogens is 2. The smallest absolute Gasteiger partial charge is 0.251 e. The van der Waals surface area contributed by atoms with Gasteiger partial charge in [-0.3, -0.25) is 4.79 Å². The van der Waals surface area contributed by atoms with Gasteiger partial charge in [-0.15, -0.1) is 11.3 Å². The van der Waals surface area contributed by atoms with Gasteiger partial charge in [-0.1, -0.05) is 0 Å². The third-order valence-electron chi connectivity index (χ3n) is 1.90. The summed E-state index contributed by atoms with van der Waals surface area (Å²) in [5, 5.41) is 4.48. The summed E-state index contributed by atoms with van der Waals surface area (Å²) in [7, 11) is 0. The zero-order valence-corrected chi connectivity index (χ0v) is 9.00. The SMILES string of the molecule is O=C(NCc1cscn1)c1ccnc(F)c1. The standard InChI is InChI=1S/C10H8FN3OS/c11-9-3-7(1-2-12-9)10(15)13-4-8-5-16-6-14-8/h1-3,5-6H,4H2,(H,13,15). The Labute approximate surface area is 95.2 Å². The van der Waals surface area contributed by atoms with Gasteiger partial charge >= 0.3 is 0 Å². The van der Waals surface area contributed by atoms with Gasteiger partial charge in [0.2, 0.25) is 5.95 Å². The average Bonchev–Trinajstić information content (AvgIpc) is 2.78. The molecule has 0 aliphatic rings. The summed E-state index contributed by atoms with van der Waals surface area (Å²) in [5.74, 6) is -1.00. The number of thiazole rings is 1. The van der Waals surface area contributed by atoms with Crippen LogP contribution in [0.5, 0.6) is 0 Å². The summed E-state index contributed by atoms with van der Waals surface area (Å²) < 4.78 is 12.7. The molecule has 0 aliphatic heterocycles. The van der Waals surface area contributed by atoms with E-state index in [2.05, 4.69) is 15.3 Å². The van der Waals surface area contributed by atoms with Gasteiger partial charge in [0.25, 0.3) is 5.91 Å². The van der Waals surface area contributed by atoms with Crippen molar-refractivity contribution in [1.29, 1.82) is 0 Å².